The van der Waals surface area contributed by atoms with Crippen molar-refractivity contribution in [2.75, 3.05) is 37.5 Å². The van der Waals surface area contributed by atoms with Gasteiger partial charge in [-0.15, -0.1) is 11.3 Å². The van der Waals surface area contributed by atoms with Crippen LogP contribution in [0.2, 0.25) is 0 Å². The Morgan fingerprint density at radius 2 is 1.88 bits per heavy atom. The van der Waals surface area contributed by atoms with Crippen LogP contribution in [-0.4, -0.2) is 43.1 Å². The third-order valence-electron chi connectivity index (χ3n) is 5.29. The molecule has 0 radical (unpaired) electrons. The first-order chi connectivity index (χ1) is 15.5. The van der Waals surface area contributed by atoms with Crippen LogP contribution in [0, 0.1) is 10.1 Å². The van der Waals surface area contributed by atoms with Gasteiger partial charge in [0.15, 0.2) is 16.6 Å². The van der Waals surface area contributed by atoms with Gasteiger partial charge in [-0.2, -0.15) is 0 Å². The van der Waals surface area contributed by atoms with Gasteiger partial charge in [-0.1, -0.05) is 0 Å². The monoisotopic (exact) mass is 454 g/mol. The second-order valence-electron chi connectivity index (χ2n) is 7.22. The van der Waals surface area contributed by atoms with E-state index in [-0.39, 0.29) is 11.3 Å². The summed E-state index contributed by atoms with van der Waals surface area (Å²) in [4.78, 5) is 30.3. The average molecular weight is 455 g/mol. The molecule has 32 heavy (non-hydrogen) atoms. The number of amides is 1. The molecule has 1 aliphatic rings. The van der Waals surface area contributed by atoms with Crippen molar-refractivity contribution in [3.05, 3.63) is 57.5 Å². The van der Waals surface area contributed by atoms with E-state index in [4.69, 9.17) is 9.47 Å². The third kappa shape index (κ3) is 4.35. The summed E-state index contributed by atoms with van der Waals surface area (Å²) in [5, 5.41) is 16.5. The van der Waals surface area contributed by atoms with Crippen LogP contribution in [-0.2, 0) is 0 Å². The molecule has 2 aromatic carbocycles. The number of nitrogens with one attached hydrogen (secondary N) is 1. The minimum Gasteiger partial charge on any atom is -0.493 e. The molecule has 0 aliphatic carbocycles. The van der Waals surface area contributed by atoms with Crippen LogP contribution in [0.1, 0.15) is 23.2 Å². The molecule has 0 bridgehead atoms. The summed E-state index contributed by atoms with van der Waals surface area (Å²) < 4.78 is 10.6. The van der Waals surface area contributed by atoms with E-state index >= 15 is 0 Å². The number of nitro groups is 1. The minimum atomic E-state index is -0.450. The van der Waals surface area contributed by atoms with Gasteiger partial charge in [0.25, 0.3) is 11.6 Å². The third-order valence-corrected chi connectivity index (χ3v) is 6.04. The zero-order valence-corrected chi connectivity index (χ0v) is 18.5. The number of anilines is 2. The number of rotatable bonds is 7. The van der Waals surface area contributed by atoms with Crippen LogP contribution in [0.4, 0.5) is 16.5 Å². The van der Waals surface area contributed by atoms with Gasteiger partial charge in [0.1, 0.15) is 5.69 Å². The number of thiazole rings is 1. The number of nitrogens with zero attached hydrogens (tertiary/aromatic N) is 3. The van der Waals surface area contributed by atoms with Crippen molar-refractivity contribution in [1.82, 2.24) is 4.98 Å². The van der Waals surface area contributed by atoms with Crippen LogP contribution in [0.25, 0.3) is 11.3 Å². The van der Waals surface area contributed by atoms with E-state index in [2.05, 4.69) is 10.3 Å². The average Bonchev–Trinajstić information content (AvgIpc) is 3.50. The molecule has 10 heteroatoms. The molecule has 4 rings (SSSR count). The minimum absolute atomic E-state index is 0.0651. The zero-order valence-electron chi connectivity index (χ0n) is 17.7. The number of carbonyl (C=O) groups excluding carboxylic acids is 1. The summed E-state index contributed by atoms with van der Waals surface area (Å²) in [6.07, 6.45) is 2.01. The number of ether oxygens (including phenoxy) is 2. The number of methoxy groups -OCH3 is 2. The topological polar surface area (TPSA) is 107 Å². The Bertz CT molecular complexity index is 1160. The van der Waals surface area contributed by atoms with Crippen LogP contribution < -0.4 is 19.7 Å². The number of aromatic nitrogens is 1. The van der Waals surface area contributed by atoms with Crippen molar-refractivity contribution < 1.29 is 19.2 Å². The highest BCUT2D eigenvalue weighted by atomic mass is 32.1. The Kier molecular flexibility index (Phi) is 6.22. The van der Waals surface area contributed by atoms with E-state index in [0.717, 1.165) is 31.5 Å². The van der Waals surface area contributed by atoms with E-state index in [1.807, 2.05) is 16.3 Å². The van der Waals surface area contributed by atoms with Crippen LogP contribution in [0.15, 0.2) is 41.8 Å². The van der Waals surface area contributed by atoms with Crippen LogP contribution >= 0.6 is 11.3 Å². The highest BCUT2D eigenvalue weighted by molar-refractivity contribution is 7.14. The van der Waals surface area contributed by atoms with Crippen LogP contribution in [0.3, 0.4) is 0 Å². The molecule has 166 valence electrons. The van der Waals surface area contributed by atoms with Crippen molar-refractivity contribution in [2.24, 2.45) is 0 Å². The molecule has 1 N–H and O–H groups in total. The maximum Gasteiger partial charge on any atom is 0.293 e. The normalized spacial score (nSPS) is 13.1. The molecule has 0 unspecified atom stereocenters. The lowest BCUT2D eigenvalue weighted by molar-refractivity contribution is -0.384. The van der Waals surface area contributed by atoms with Gasteiger partial charge in [-0.3, -0.25) is 20.2 Å². The van der Waals surface area contributed by atoms with Gasteiger partial charge in [-0.05, 0) is 43.2 Å². The molecule has 0 atom stereocenters. The van der Waals surface area contributed by atoms with Gasteiger partial charge in [0.05, 0.1) is 24.8 Å². The molecule has 0 spiro atoms. The van der Waals surface area contributed by atoms with Gasteiger partial charge in [0.2, 0.25) is 0 Å². The fourth-order valence-corrected chi connectivity index (χ4v) is 4.38. The second kappa shape index (κ2) is 9.23. The summed E-state index contributed by atoms with van der Waals surface area (Å²) in [5.41, 5.74) is 2.17. The lowest BCUT2D eigenvalue weighted by Crippen LogP contribution is -2.19. The van der Waals surface area contributed by atoms with Gasteiger partial charge >= 0.3 is 0 Å². The smallest absolute Gasteiger partial charge is 0.293 e. The molecular formula is C22H22N4O5S. The Morgan fingerprint density at radius 3 is 2.56 bits per heavy atom. The van der Waals surface area contributed by atoms with Crippen molar-refractivity contribution >= 4 is 33.8 Å². The number of hydrogen-bond donors (Lipinski definition) is 1. The quantitative estimate of drug-likeness (QED) is 0.411. The first-order valence-corrected chi connectivity index (χ1v) is 10.9. The predicted octanol–water partition coefficient (Wildman–Crippen LogP) is 4.59. The SMILES string of the molecule is COc1ccc(-c2csc(NC(=O)c3ccc(N4CCCC4)c([N+](=O)[O-])c3)n2)cc1OC. The van der Waals surface area contributed by atoms with E-state index in [0.29, 0.717) is 28.0 Å². The van der Waals surface area contributed by atoms with E-state index in [1.54, 1.807) is 38.5 Å². The number of hydrogen-bond acceptors (Lipinski definition) is 8. The predicted molar refractivity (Wildman–Crippen MR) is 123 cm³/mol. The standard InChI is InChI=1S/C22H22N4O5S/c1-30-19-8-6-14(12-20(19)31-2)16-13-32-22(23-16)24-21(27)15-5-7-17(18(11-15)26(28)29)25-9-3-4-10-25/h5-8,11-13H,3-4,9-10H2,1-2H3,(H,23,24,27). The van der Waals surface area contributed by atoms with Crippen molar-refractivity contribution in [2.45, 2.75) is 12.8 Å². The highest BCUT2D eigenvalue weighted by Crippen LogP contribution is 2.34. The molecule has 0 saturated carbocycles. The summed E-state index contributed by atoms with van der Waals surface area (Å²) in [6.45, 7) is 1.56. The van der Waals surface area contributed by atoms with Gasteiger partial charge < -0.3 is 14.4 Å². The fourth-order valence-electron chi connectivity index (χ4n) is 3.66. The lowest BCUT2D eigenvalue weighted by atomic mass is 10.1. The Balaban J connectivity index is 1.53. The van der Waals surface area contributed by atoms with Crippen molar-refractivity contribution in [3.63, 3.8) is 0 Å². The van der Waals surface area contributed by atoms with Crippen molar-refractivity contribution in [3.8, 4) is 22.8 Å². The fraction of sp³-hybridized carbons (Fsp3) is 0.273. The number of carbonyl (C=O) groups is 1. The second-order valence-corrected chi connectivity index (χ2v) is 8.07. The maximum atomic E-state index is 12.7. The molecule has 1 aromatic heterocycles. The molecule has 3 aromatic rings. The Morgan fingerprint density at radius 1 is 1.12 bits per heavy atom. The van der Waals surface area contributed by atoms with Crippen molar-refractivity contribution in [1.29, 1.82) is 0 Å². The van der Waals surface area contributed by atoms with E-state index in [1.165, 1.54) is 17.4 Å². The molecule has 1 saturated heterocycles. The molecule has 1 fully saturated rings. The number of nitro benzene ring substituents is 1. The van der Waals surface area contributed by atoms with Gasteiger partial charge in [0, 0.05) is 35.7 Å². The molecular weight excluding hydrogens is 432 g/mol. The summed E-state index contributed by atoms with van der Waals surface area (Å²) in [5.74, 6) is 0.738. The van der Waals surface area contributed by atoms with Crippen LogP contribution in [0.5, 0.6) is 11.5 Å². The molecule has 2 heterocycles. The van der Waals surface area contributed by atoms with E-state index in [9.17, 15) is 14.9 Å². The summed E-state index contributed by atoms with van der Waals surface area (Å²) in [6, 6.07) is 10.0. The Hall–Kier alpha value is -3.66. The number of benzene rings is 2. The zero-order chi connectivity index (χ0) is 22.7. The molecule has 1 aliphatic heterocycles. The van der Waals surface area contributed by atoms with E-state index < -0.39 is 10.8 Å². The lowest BCUT2D eigenvalue weighted by Gasteiger charge is -2.17. The maximum absolute atomic E-state index is 12.7. The summed E-state index contributed by atoms with van der Waals surface area (Å²) >= 11 is 1.27. The van der Waals surface area contributed by atoms with Gasteiger partial charge in [-0.25, -0.2) is 4.98 Å². The Labute approximate surface area is 188 Å². The summed E-state index contributed by atoms with van der Waals surface area (Å²) in [7, 11) is 3.12. The first kappa shape index (κ1) is 21.6. The highest BCUT2D eigenvalue weighted by Gasteiger charge is 2.24. The first-order valence-electron chi connectivity index (χ1n) is 10.0. The largest absolute Gasteiger partial charge is 0.493 e. The molecule has 9 nitrogen and oxygen atoms in total. The molecule has 1 amide bonds.